The molecule has 0 N–H and O–H groups in total. The fourth-order valence-corrected chi connectivity index (χ4v) is 4.71. The second-order valence-electron chi connectivity index (χ2n) is 7.62. The summed E-state index contributed by atoms with van der Waals surface area (Å²) in [6, 6.07) is 12.5. The number of nitrogens with zero attached hydrogens (tertiary/aromatic N) is 3. The van der Waals surface area contributed by atoms with Crippen molar-refractivity contribution in [1.82, 2.24) is 4.57 Å². The van der Waals surface area contributed by atoms with E-state index >= 15 is 0 Å². The molecule has 5 rings (SSSR count). The molecule has 3 heterocycles. The van der Waals surface area contributed by atoms with Gasteiger partial charge in [-0.05, 0) is 62.8 Å². The number of anilines is 1. The van der Waals surface area contributed by atoms with Gasteiger partial charge in [0.1, 0.15) is 0 Å². The number of hydrogen-bond donors (Lipinski definition) is 0. The number of aryl methyl sites for hydroxylation is 3. The molecule has 2 aliphatic rings. The van der Waals surface area contributed by atoms with E-state index in [4.69, 9.17) is 16.3 Å². The van der Waals surface area contributed by atoms with E-state index in [-0.39, 0.29) is 0 Å². The van der Waals surface area contributed by atoms with E-state index in [9.17, 15) is 0 Å². The number of hydrogen-bond acceptors (Lipinski definition) is 2. The van der Waals surface area contributed by atoms with Crippen LogP contribution in [0.2, 0.25) is 5.02 Å². The van der Waals surface area contributed by atoms with Gasteiger partial charge in [-0.25, -0.2) is 9.13 Å². The predicted molar refractivity (Wildman–Crippen MR) is 118 cm³/mol. The summed E-state index contributed by atoms with van der Waals surface area (Å²) in [4.78, 5) is 2.23. The zero-order valence-electron chi connectivity index (χ0n) is 17.1. The van der Waals surface area contributed by atoms with Gasteiger partial charge in [0, 0.05) is 29.6 Å². The first-order valence-corrected chi connectivity index (χ1v) is 10.7. The molecule has 0 aliphatic carbocycles. The van der Waals surface area contributed by atoms with E-state index < -0.39 is 0 Å². The molecule has 2 aliphatic heterocycles. The molecule has 0 spiro atoms. The number of ether oxygens (including phenoxy) is 1. The van der Waals surface area contributed by atoms with Gasteiger partial charge in [0.15, 0.2) is 16.8 Å². The third-order valence-corrected chi connectivity index (χ3v) is 6.10. The molecule has 2 aromatic carbocycles. The Labute approximate surface area is 176 Å². The van der Waals surface area contributed by atoms with Crippen LogP contribution in [0.1, 0.15) is 31.7 Å². The number of halogens is 1. The third-order valence-electron chi connectivity index (χ3n) is 5.87. The lowest BCUT2D eigenvalue weighted by molar-refractivity contribution is -0.670. The number of fused-ring (bicyclic) bond motifs is 4. The Morgan fingerprint density at radius 1 is 1.14 bits per heavy atom. The Morgan fingerprint density at radius 2 is 2.00 bits per heavy atom. The van der Waals surface area contributed by atoms with Crippen molar-refractivity contribution < 1.29 is 9.30 Å². The maximum Gasteiger partial charge on any atom is 0.285 e. The Kier molecular flexibility index (Phi) is 4.39. The summed E-state index contributed by atoms with van der Waals surface area (Å²) in [6.07, 6.45) is 5.37. The SMILES string of the molecule is CCN1/C(=C/C=C2/CCn3c2[n+](CC)c2cc(Cl)ccc23)Oc2ccc(C)cc21. The molecule has 0 radical (unpaired) electrons. The summed E-state index contributed by atoms with van der Waals surface area (Å²) in [6.45, 7) is 9.24. The quantitative estimate of drug-likeness (QED) is 0.539. The van der Waals surface area contributed by atoms with Gasteiger partial charge >= 0.3 is 0 Å². The van der Waals surface area contributed by atoms with Crippen LogP contribution >= 0.6 is 11.6 Å². The highest BCUT2D eigenvalue weighted by Crippen LogP contribution is 2.39. The highest BCUT2D eigenvalue weighted by molar-refractivity contribution is 6.31. The molecular formula is C24H25ClN3O+. The average molecular weight is 407 g/mol. The van der Waals surface area contributed by atoms with Gasteiger partial charge in [-0.1, -0.05) is 17.7 Å². The summed E-state index contributed by atoms with van der Waals surface area (Å²) in [7, 11) is 0. The molecule has 0 amide bonds. The lowest BCUT2D eigenvalue weighted by Crippen LogP contribution is -2.35. The van der Waals surface area contributed by atoms with Crippen molar-refractivity contribution in [1.29, 1.82) is 0 Å². The van der Waals surface area contributed by atoms with Crippen LogP contribution in [0, 0.1) is 6.92 Å². The van der Waals surface area contributed by atoms with Crippen LogP contribution in [0.4, 0.5) is 5.69 Å². The van der Waals surface area contributed by atoms with E-state index in [1.165, 1.54) is 28.0 Å². The van der Waals surface area contributed by atoms with Crippen LogP contribution in [0.5, 0.6) is 5.75 Å². The number of rotatable bonds is 3. The van der Waals surface area contributed by atoms with Crippen molar-refractivity contribution in [3.63, 3.8) is 0 Å². The van der Waals surface area contributed by atoms with Crippen LogP contribution in [0.25, 0.3) is 16.6 Å². The van der Waals surface area contributed by atoms with E-state index in [2.05, 4.69) is 77.3 Å². The van der Waals surface area contributed by atoms with Gasteiger partial charge in [-0.15, -0.1) is 0 Å². The van der Waals surface area contributed by atoms with Gasteiger partial charge in [0.05, 0.1) is 18.8 Å². The fourth-order valence-electron chi connectivity index (χ4n) is 4.54. The molecule has 0 atom stereocenters. The molecular weight excluding hydrogens is 382 g/mol. The molecule has 4 nitrogen and oxygen atoms in total. The predicted octanol–water partition coefficient (Wildman–Crippen LogP) is 5.46. The summed E-state index contributed by atoms with van der Waals surface area (Å²) in [5.41, 5.74) is 6.17. The summed E-state index contributed by atoms with van der Waals surface area (Å²) < 4.78 is 10.9. The molecule has 0 fully saturated rings. The lowest BCUT2D eigenvalue weighted by atomic mass is 10.2. The van der Waals surface area contributed by atoms with Crippen molar-refractivity contribution in [2.45, 2.75) is 40.3 Å². The molecule has 0 saturated carbocycles. The van der Waals surface area contributed by atoms with E-state index in [0.29, 0.717) is 0 Å². The Hall–Kier alpha value is -2.72. The normalized spacial score (nSPS) is 18.0. The first-order chi connectivity index (χ1) is 14.1. The average Bonchev–Trinajstić information content (AvgIpc) is 3.36. The first-order valence-electron chi connectivity index (χ1n) is 10.3. The van der Waals surface area contributed by atoms with Crippen molar-refractivity contribution in [2.75, 3.05) is 11.4 Å². The molecule has 0 saturated heterocycles. The zero-order valence-corrected chi connectivity index (χ0v) is 17.8. The van der Waals surface area contributed by atoms with Crippen LogP contribution in [0.15, 0.2) is 54.4 Å². The number of aromatic nitrogens is 2. The topological polar surface area (TPSA) is 21.3 Å². The van der Waals surface area contributed by atoms with Gasteiger partial charge in [-0.2, -0.15) is 0 Å². The highest BCUT2D eigenvalue weighted by atomic mass is 35.5. The first kappa shape index (κ1) is 18.3. The minimum Gasteiger partial charge on any atom is -0.439 e. The van der Waals surface area contributed by atoms with Crippen molar-refractivity contribution in [3.8, 4) is 5.75 Å². The third kappa shape index (κ3) is 2.85. The summed E-state index contributed by atoms with van der Waals surface area (Å²) in [5, 5.41) is 0.780. The van der Waals surface area contributed by atoms with E-state index in [1.54, 1.807) is 0 Å². The van der Waals surface area contributed by atoms with Crippen molar-refractivity contribution in [3.05, 3.63) is 70.8 Å². The zero-order chi connectivity index (χ0) is 20.1. The summed E-state index contributed by atoms with van der Waals surface area (Å²) in [5.74, 6) is 3.10. The Balaban J connectivity index is 1.57. The van der Waals surface area contributed by atoms with Gasteiger partial charge in [0.25, 0.3) is 5.82 Å². The smallest absolute Gasteiger partial charge is 0.285 e. The number of allylic oxidation sites excluding steroid dienone is 3. The van der Waals surface area contributed by atoms with Crippen LogP contribution in [0.3, 0.4) is 0 Å². The van der Waals surface area contributed by atoms with Gasteiger partial charge < -0.3 is 9.64 Å². The molecule has 1 aromatic heterocycles. The molecule has 148 valence electrons. The minimum absolute atomic E-state index is 0.780. The van der Waals surface area contributed by atoms with Crippen LogP contribution < -0.4 is 14.2 Å². The fraction of sp³-hybridized carbons (Fsp3) is 0.292. The second-order valence-corrected chi connectivity index (χ2v) is 8.05. The minimum atomic E-state index is 0.780. The Bertz CT molecular complexity index is 1190. The van der Waals surface area contributed by atoms with Crippen LogP contribution in [-0.4, -0.2) is 11.1 Å². The van der Waals surface area contributed by atoms with Gasteiger partial charge in [-0.3, -0.25) is 0 Å². The number of imidazole rings is 1. The maximum atomic E-state index is 6.27. The number of benzene rings is 2. The van der Waals surface area contributed by atoms with Gasteiger partial charge in [0.2, 0.25) is 5.88 Å². The van der Waals surface area contributed by atoms with E-state index in [1.807, 2.05) is 6.07 Å². The van der Waals surface area contributed by atoms with Crippen LogP contribution in [-0.2, 0) is 13.1 Å². The monoisotopic (exact) mass is 406 g/mol. The lowest BCUT2D eigenvalue weighted by Gasteiger charge is -2.15. The van der Waals surface area contributed by atoms with Crippen molar-refractivity contribution in [2.24, 2.45) is 0 Å². The second kappa shape index (κ2) is 6.96. The molecule has 29 heavy (non-hydrogen) atoms. The Morgan fingerprint density at radius 3 is 2.79 bits per heavy atom. The molecule has 3 aromatic rings. The molecule has 0 unspecified atom stereocenters. The standard InChI is InChI=1S/C24H25ClN3O/c1-4-26-21-14-16(3)6-10-22(21)29-23(26)11-7-17-12-13-28-19-9-8-18(25)15-20(19)27(5-2)24(17)28/h6-11,14-15H,4-5,12-13H2,1-3H3/q+1. The summed E-state index contributed by atoms with van der Waals surface area (Å²) >= 11 is 6.27. The van der Waals surface area contributed by atoms with Crippen molar-refractivity contribution >= 4 is 33.9 Å². The molecule has 5 heteroatoms. The molecule has 0 bridgehead atoms. The highest BCUT2D eigenvalue weighted by Gasteiger charge is 2.32. The maximum absolute atomic E-state index is 6.27. The largest absolute Gasteiger partial charge is 0.439 e. The van der Waals surface area contributed by atoms with E-state index in [0.717, 1.165) is 48.4 Å².